The van der Waals surface area contributed by atoms with Gasteiger partial charge in [-0.25, -0.2) is 0 Å². The van der Waals surface area contributed by atoms with E-state index in [1.165, 1.54) is 24.3 Å². The maximum Gasteiger partial charge on any atom is 0.297 e. The molecule has 1 aliphatic heterocycles. The smallest absolute Gasteiger partial charge is 0.297 e. The number of likely N-dealkylation sites (tertiary alicyclic amines) is 1. The van der Waals surface area contributed by atoms with Crippen molar-refractivity contribution in [2.24, 2.45) is 0 Å². The van der Waals surface area contributed by atoms with Crippen LogP contribution in [-0.2, 0) is 14.3 Å². The molecule has 0 aromatic heterocycles. The molecule has 2 aromatic rings. The molecule has 0 aliphatic carbocycles. The predicted octanol–water partition coefficient (Wildman–Crippen LogP) is 3.18. The molecule has 0 saturated carbocycles. The van der Waals surface area contributed by atoms with Gasteiger partial charge in [0.1, 0.15) is 0 Å². The van der Waals surface area contributed by atoms with Crippen LogP contribution in [0, 0.1) is 10.1 Å². The molecule has 0 bridgehead atoms. The Hall–Kier alpha value is -2.29. The third-order valence-corrected chi connectivity index (χ3v) is 6.33. The van der Waals surface area contributed by atoms with Gasteiger partial charge in [0, 0.05) is 18.2 Å². The van der Waals surface area contributed by atoms with Crippen LogP contribution in [0.15, 0.2) is 59.5 Å². The fraction of sp³-hybridized carbons (Fsp3) is 0.368. The summed E-state index contributed by atoms with van der Waals surface area (Å²) >= 11 is 0. The van der Waals surface area contributed by atoms with Crippen molar-refractivity contribution in [2.75, 3.05) is 20.2 Å². The van der Waals surface area contributed by atoms with Crippen LogP contribution in [0.5, 0.6) is 0 Å². The van der Waals surface area contributed by atoms with E-state index in [9.17, 15) is 18.5 Å². The predicted molar refractivity (Wildman–Crippen MR) is 101 cm³/mol. The van der Waals surface area contributed by atoms with Gasteiger partial charge in [0.25, 0.3) is 15.8 Å². The largest absolute Gasteiger partial charge is 0.301 e. The van der Waals surface area contributed by atoms with Gasteiger partial charge in [0.05, 0.1) is 16.4 Å². The summed E-state index contributed by atoms with van der Waals surface area (Å²) in [5.74, 6) is 0.218. The molecular weight excluding hydrogens is 368 g/mol. The van der Waals surface area contributed by atoms with Gasteiger partial charge in [0.2, 0.25) is 0 Å². The highest BCUT2D eigenvalue weighted by Crippen LogP contribution is 2.32. The van der Waals surface area contributed by atoms with Crippen molar-refractivity contribution < 1.29 is 17.5 Å². The first kappa shape index (κ1) is 19.5. The summed E-state index contributed by atoms with van der Waals surface area (Å²) in [6.45, 7) is 0.887. The SMILES string of the molecule is CN1CCC(c2ccc([N+](=O)[O-])cc2)CC1COS(=O)(=O)c1ccccc1. The van der Waals surface area contributed by atoms with E-state index in [4.69, 9.17) is 4.18 Å². The highest BCUT2D eigenvalue weighted by atomic mass is 32.2. The van der Waals surface area contributed by atoms with Crippen LogP contribution in [0.3, 0.4) is 0 Å². The molecular formula is C19H22N2O5S. The van der Waals surface area contributed by atoms with Gasteiger partial charge in [-0.1, -0.05) is 30.3 Å². The van der Waals surface area contributed by atoms with E-state index in [1.807, 2.05) is 7.05 Å². The minimum absolute atomic E-state index is 0.0440. The molecule has 2 atom stereocenters. The van der Waals surface area contributed by atoms with E-state index in [-0.39, 0.29) is 29.1 Å². The zero-order chi connectivity index (χ0) is 19.4. The van der Waals surface area contributed by atoms with Crippen LogP contribution in [0.1, 0.15) is 24.3 Å². The quantitative estimate of drug-likeness (QED) is 0.427. The van der Waals surface area contributed by atoms with Crippen molar-refractivity contribution in [3.8, 4) is 0 Å². The molecule has 1 fully saturated rings. The van der Waals surface area contributed by atoms with E-state index in [1.54, 1.807) is 30.3 Å². The number of piperidine rings is 1. The lowest BCUT2D eigenvalue weighted by Gasteiger charge is -2.37. The Morgan fingerprint density at radius 3 is 2.44 bits per heavy atom. The first-order valence-electron chi connectivity index (χ1n) is 8.76. The highest BCUT2D eigenvalue weighted by Gasteiger charge is 2.29. The molecule has 2 aromatic carbocycles. The Kier molecular flexibility index (Phi) is 5.88. The number of nitrogens with zero attached hydrogens (tertiary/aromatic N) is 2. The van der Waals surface area contributed by atoms with Gasteiger partial charge in [-0.15, -0.1) is 0 Å². The second-order valence-corrected chi connectivity index (χ2v) is 8.37. The van der Waals surface area contributed by atoms with E-state index in [0.717, 1.165) is 24.9 Å². The average Bonchev–Trinajstić information content (AvgIpc) is 2.68. The molecule has 0 spiro atoms. The summed E-state index contributed by atoms with van der Waals surface area (Å²) in [6, 6.07) is 14.7. The van der Waals surface area contributed by atoms with Gasteiger partial charge >= 0.3 is 0 Å². The normalized spacial score (nSPS) is 21.1. The van der Waals surface area contributed by atoms with Crippen LogP contribution in [0.25, 0.3) is 0 Å². The van der Waals surface area contributed by atoms with Crippen LogP contribution in [0.2, 0.25) is 0 Å². The standard InChI is InChI=1S/C19H22N2O5S/c1-20-12-11-16(15-7-9-17(10-8-15)21(22)23)13-18(20)14-26-27(24,25)19-5-3-2-4-6-19/h2-10,16,18H,11-14H2,1H3. The van der Waals surface area contributed by atoms with Gasteiger partial charge in [-0.3, -0.25) is 14.3 Å². The van der Waals surface area contributed by atoms with Crippen LogP contribution in [0.4, 0.5) is 5.69 Å². The first-order chi connectivity index (χ1) is 12.9. The van der Waals surface area contributed by atoms with Gasteiger partial charge in [-0.05, 0) is 50.0 Å². The Morgan fingerprint density at radius 1 is 1.15 bits per heavy atom. The van der Waals surface area contributed by atoms with E-state index in [0.29, 0.717) is 0 Å². The third kappa shape index (κ3) is 4.71. The van der Waals surface area contributed by atoms with E-state index < -0.39 is 15.0 Å². The molecule has 8 heteroatoms. The monoisotopic (exact) mass is 390 g/mol. The fourth-order valence-electron chi connectivity index (χ4n) is 3.36. The zero-order valence-electron chi connectivity index (χ0n) is 15.0. The van der Waals surface area contributed by atoms with Crippen molar-refractivity contribution in [3.05, 3.63) is 70.3 Å². The average molecular weight is 390 g/mol. The molecule has 0 N–H and O–H groups in total. The second kappa shape index (κ2) is 8.16. The number of rotatable bonds is 6. The first-order valence-corrected chi connectivity index (χ1v) is 10.2. The topological polar surface area (TPSA) is 89.8 Å². The molecule has 27 heavy (non-hydrogen) atoms. The maximum atomic E-state index is 12.3. The number of benzene rings is 2. The molecule has 0 amide bonds. The van der Waals surface area contributed by atoms with Crippen molar-refractivity contribution >= 4 is 15.8 Å². The lowest BCUT2D eigenvalue weighted by Crippen LogP contribution is -2.42. The van der Waals surface area contributed by atoms with Gasteiger partial charge in [-0.2, -0.15) is 8.42 Å². The number of nitro groups is 1. The Bertz CT molecular complexity index is 884. The van der Waals surface area contributed by atoms with Crippen molar-refractivity contribution in [3.63, 3.8) is 0 Å². The Morgan fingerprint density at radius 2 is 1.81 bits per heavy atom. The number of non-ortho nitro benzene ring substituents is 1. The lowest BCUT2D eigenvalue weighted by molar-refractivity contribution is -0.384. The maximum absolute atomic E-state index is 12.3. The minimum Gasteiger partial charge on any atom is -0.301 e. The van der Waals surface area contributed by atoms with Gasteiger partial charge < -0.3 is 4.90 Å². The number of hydrogen-bond acceptors (Lipinski definition) is 6. The summed E-state index contributed by atoms with van der Waals surface area (Å²) in [7, 11) is -1.83. The van der Waals surface area contributed by atoms with Crippen molar-refractivity contribution in [1.82, 2.24) is 4.90 Å². The van der Waals surface area contributed by atoms with Gasteiger partial charge in [0.15, 0.2) is 0 Å². The van der Waals surface area contributed by atoms with Crippen LogP contribution < -0.4 is 0 Å². The number of hydrogen-bond donors (Lipinski definition) is 0. The minimum atomic E-state index is -3.78. The molecule has 7 nitrogen and oxygen atoms in total. The van der Waals surface area contributed by atoms with Crippen molar-refractivity contribution in [2.45, 2.75) is 29.7 Å². The second-order valence-electron chi connectivity index (χ2n) is 6.76. The van der Waals surface area contributed by atoms with Crippen molar-refractivity contribution in [1.29, 1.82) is 0 Å². The third-order valence-electron chi connectivity index (χ3n) is 5.03. The number of nitro benzene ring substituents is 1. The molecule has 3 rings (SSSR count). The molecule has 1 saturated heterocycles. The summed E-state index contributed by atoms with van der Waals surface area (Å²) in [5, 5.41) is 10.8. The van der Waals surface area contributed by atoms with Crippen LogP contribution >= 0.6 is 0 Å². The fourth-order valence-corrected chi connectivity index (χ4v) is 4.32. The van der Waals surface area contributed by atoms with Crippen LogP contribution in [-0.4, -0.2) is 44.5 Å². The summed E-state index contributed by atoms with van der Waals surface area (Å²) < 4.78 is 30.0. The lowest BCUT2D eigenvalue weighted by atomic mass is 9.86. The zero-order valence-corrected chi connectivity index (χ0v) is 15.8. The summed E-state index contributed by atoms with van der Waals surface area (Å²) in [6.07, 6.45) is 1.65. The molecule has 144 valence electrons. The molecule has 1 heterocycles. The summed E-state index contributed by atoms with van der Waals surface area (Å²) in [4.78, 5) is 12.6. The number of likely N-dealkylation sites (N-methyl/N-ethyl adjacent to an activating group) is 1. The van der Waals surface area contributed by atoms with E-state index in [2.05, 4.69) is 4.90 Å². The highest BCUT2D eigenvalue weighted by molar-refractivity contribution is 7.86. The molecule has 2 unspecified atom stereocenters. The Balaban J connectivity index is 1.66. The molecule has 0 radical (unpaired) electrons. The Labute approximate surface area is 158 Å². The van der Waals surface area contributed by atoms with E-state index >= 15 is 0 Å². The molecule has 1 aliphatic rings. The summed E-state index contributed by atoms with van der Waals surface area (Å²) in [5.41, 5.74) is 1.10.